The maximum Gasteiger partial charge on any atom is 0.254 e. The number of amides is 1. The summed E-state index contributed by atoms with van der Waals surface area (Å²) in [5.41, 5.74) is 7.38. The van der Waals surface area contributed by atoms with Gasteiger partial charge in [0.05, 0.1) is 19.3 Å². The standard InChI is InChI=1S/C15H20N2O2/c16-9-11-1-3-13(4-2-11)15(18)17-7-8-19-10-14(17)12-5-6-12/h1-4,12,14H,5-10,16H2. The second kappa shape index (κ2) is 5.31. The third-order valence-corrected chi connectivity index (χ3v) is 4.03. The summed E-state index contributed by atoms with van der Waals surface area (Å²) in [4.78, 5) is 14.6. The lowest BCUT2D eigenvalue weighted by atomic mass is 10.1. The molecule has 1 heterocycles. The Hall–Kier alpha value is -1.39. The third kappa shape index (κ3) is 2.65. The normalized spacial score (nSPS) is 23.4. The predicted molar refractivity (Wildman–Crippen MR) is 72.7 cm³/mol. The first kappa shape index (κ1) is 12.6. The smallest absolute Gasteiger partial charge is 0.254 e. The minimum atomic E-state index is 0.128. The zero-order valence-electron chi connectivity index (χ0n) is 11.0. The van der Waals surface area contributed by atoms with Gasteiger partial charge in [-0.25, -0.2) is 0 Å². The fourth-order valence-electron chi connectivity index (χ4n) is 2.70. The van der Waals surface area contributed by atoms with Gasteiger partial charge >= 0.3 is 0 Å². The van der Waals surface area contributed by atoms with E-state index in [0.29, 0.717) is 32.2 Å². The Morgan fingerprint density at radius 2 is 2.05 bits per heavy atom. The molecule has 4 heteroatoms. The summed E-state index contributed by atoms with van der Waals surface area (Å²) in [7, 11) is 0. The topological polar surface area (TPSA) is 55.6 Å². The molecule has 0 spiro atoms. The van der Waals surface area contributed by atoms with Crippen LogP contribution in [0.5, 0.6) is 0 Å². The van der Waals surface area contributed by atoms with Crippen LogP contribution in [0.25, 0.3) is 0 Å². The molecule has 2 fully saturated rings. The number of hydrogen-bond acceptors (Lipinski definition) is 3. The molecule has 1 saturated heterocycles. The Morgan fingerprint density at radius 1 is 1.32 bits per heavy atom. The number of rotatable bonds is 3. The van der Waals surface area contributed by atoms with Crippen molar-refractivity contribution in [3.05, 3.63) is 35.4 Å². The minimum absolute atomic E-state index is 0.128. The summed E-state index contributed by atoms with van der Waals surface area (Å²) < 4.78 is 5.53. The molecule has 1 amide bonds. The fourth-order valence-corrected chi connectivity index (χ4v) is 2.70. The molecule has 1 aromatic rings. The second-order valence-corrected chi connectivity index (χ2v) is 5.38. The van der Waals surface area contributed by atoms with Crippen LogP contribution in [0.1, 0.15) is 28.8 Å². The van der Waals surface area contributed by atoms with Crippen molar-refractivity contribution in [1.29, 1.82) is 0 Å². The zero-order chi connectivity index (χ0) is 13.2. The van der Waals surface area contributed by atoms with Gasteiger partial charge in [0.2, 0.25) is 0 Å². The summed E-state index contributed by atoms with van der Waals surface area (Å²) in [6, 6.07) is 7.89. The van der Waals surface area contributed by atoms with Gasteiger partial charge < -0.3 is 15.4 Å². The van der Waals surface area contributed by atoms with Crippen molar-refractivity contribution >= 4 is 5.91 Å². The lowest BCUT2D eigenvalue weighted by molar-refractivity contribution is -0.00834. The molecule has 19 heavy (non-hydrogen) atoms. The average molecular weight is 260 g/mol. The first-order chi connectivity index (χ1) is 9.29. The largest absolute Gasteiger partial charge is 0.377 e. The van der Waals surface area contributed by atoms with E-state index in [9.17, 15) is 4.79 Å². The van der Waals surface area contributed by atoms with Crippen LogP contribution in [0.4, 0.5) is 0 Å². The molecule has 1 unspecified atom stereocenters. The van der Waals surface area contributed by atoms with E-state index in [-0.39, 0.29) is 11.9 Å². The quantitative estimate of drug-likeness (QED) is 0.893. The van der Waals surface area contributed by atoms with Crippen LogP contribution in [0, 0.1) is 5.92 Å². The molecule has 1 atom stereocenters. The Morgan fingerprint density at radius 3 is 2.68 bits per heavy atom. The molecule has 1 aliphatic carbocycles. The highest BCUT2D eigenvalue weighted by Gasteiger charge is 2.39. The average Bonchev–Trinajstić information content (AvgIpc) is 3.31. The molecular weight excluding hydrogens is 240 g/mol. The first-order valence-electron chi connectivity index (χ1n) is 6.97. The summed E-state index contributed by atoms with van der Waals surface area (Å²) in [5.74, 6) is 0.774. The summed E-state index contributed by atoms with van der Waals surface area (Å²) in [6.45, 7) is 2.56. The van der Waals surface area contributed by atoms with Gasteiger partial charge in [-0.1, -0.05) is 12.1 Å². The van der Waals surface area contributed by atoms with Crippen molar-refractivity contribution in [2.24, 2.45) is 11.7 Å². The van der Waals surface area contributed by atoms with E-state index in [2.05, 4.69) is 0 Å². The van der Waals surface area contributed by atoms with E-state index in [0.717, 1.165) is 11.1 Å². The van der Waals surface area contributed by atoms with E-state index >= 15 is 0 Å². The number of hydrogen-bond donors (Lipinski definition) is 1. The summed E-state index contributed by atoms with van der Waals surface area (Å²) >= 11 is 0. The first-order valence-corrected chi connectivity index (χ1v) is 6.97. The highest BCUT2D eigenvalue weighted by molar-refractivity contribution is 5.94. The summed E-state index contributed by atoms with van der Waals surface area (Å²) in [6.07, 6.45) is 2.45. The van der Waals surface area contributed by atoms with Crippen LogP contribution in [-0.4, -0.2) is 36.6 Å². The number of nitrogens with two attached hydrogens (primary N) is 1. The third-order valence-electron chi connectivity index (χ3n) is 4.03. The van der Waals surface area contributed by atoms with E-state index in [1.54, 1.807) is 0 Å². The molecule has 1 aromatic carbocycles. The number of carbonyl (C=O) groups is 1. The fraction of sp³-hybridized carbons (Fsp3) is 0.533. The van der Waals surface area contributed by atoms with Crippen molar-refractivity contribution < 1.29 is 9.53 Å². The van der Waals surface area contributed by atoms with Crippen molar-refractivity contribution in [3.63, 3.8) is 0 Å². The van der Waals surface area contributed by atoms with Gasteiger partial charge in [-0.15, -0.1) is 0 Å². The lowest BCUT2D eigenvalue weighted by Crippen LogP contribution is -2.49. The van der Waals surface area contributed by atoms with E-state index in [1.165, 1.54) is 12.8 Å². The monoisotopic (exact) mass is 260 g/mol. The van der Waals surface area contributed by atoms with Gasteiger partial charge in [0.15, 0.2) is 0 Å². The van der Waals surface area contributed by atoms with Crippen LogP contribution < -0.4 is 5.73 Å². The predicted octanol–water partition coefficient (Wildman–Crippen LogP) is 1.40. The Labute approximate surface area is 113 Å². The van der Waals surface area contributed by atoms with Gasteiger partial charge in [0.1, 0.15) is 0 Å². The van der Waals surface area contributed by atoms with Gasteiger partial charge in [0.25, 0.3) is 5.91 Å². The molecule has 1 aliphatic heterocycles. The van der Waals surface area contributed by atoms with E-state index in [1.807, 2.05) is 29.2 Å². The van der Waals surface area contributed by atoms with Gasteiger partial charge in [0, 0.05) is 18.7 Å². The Balaban J connectivity index is 1.76. The van der Waals surface area contributed by atoms with Crippen LogP contribution in [0.2, 0.25) is 0 Å². The van der Waals surface area contributed by atoms with E-state index < -0.39 is 0 Å². The van der Waals surface area contributed by atoms with Crippen molar-refractivity contribution in [2.75, 3.05) is 19.8 Å². The molecule has 3 rings (SSSR count). The number of morpholine rings is 1. The molecule has 4 nitrogen and oxygen atoms in total. The Bertz CT molecular complexity index is 454. The molecule has 1 saturated carbocycles. The number of nitrogens with zero attached hydrogens (tertiary/aromatic N) is 1. The lowest BCUT2D eigenvalue weighted by Gasteiger charge is -2.36. The van der Waals surface area contributed by atoms with Gasteiger partial charge in [-0.3, -0.25) is 4.79 Å². The molecule has 0 radical (unpaired) electrons. The van der Waals surface area contributed by atoms with Crippen LogP contribution in [0.15, 0.2) is 24.3 Å². The molecule has 2 N–H and O–H groups in total. The highest BCUT2D eigenvalue weighted by Crippen LogP contribution is 2.37. The Kier molecular flexibility index (Phi) is 3.53. The molecule has 0 aromatic heterocycles. The maximum atomic E-state index is 12.6. The minimum Gasteiger partial charge on any atom is -0.377 e. The number of benzene rings is 1. The van der Waals surface area contributed by atoms with Crippen LogP contribution in [-0.2, 0) is 11.3 Å². The zero-order valence-corrected chi connectivity index (χ0v) is 11.0. The van der Waals surface area contributed by atoms with Crippen LogP contribution >= 0.6 is 0 Å². The summed E-state index contributed by atoms with van der Waals surface area (Å²) in [5, 5.41) is 0. The van der Waals surface area contributed by atoms with Crippen molar-refractivity contribution in [3.8, 4) is 0 Å². The molecule has 2 aliphatic rings. The SMILES string of the molecule is NCc1ccc(C(=O)N2CCOCC2C2CC2)cc1. The second-order valence-electron chi connectivity index (χ2n) is 5.38. The van der Waals surface area contributed by atoms with Crippen molar-refractivity contribution in [1.82, 2.24) is 4.90 Å². The van der Waals surface area contributed by atoms with Gasteiger partial charge in [-0.05, 0) is 36.5 Å². The molecular formula is C15H20N2O2. The molecule has 102 valence electrons. The number of ether oxygens (including phenoxy) is 1. The highest BCUT2D eigenvalue weighted by atomic mass is 16.5. The number of carbonyl (C=O) groups excluding carboxylic acids is 1. The van der Waals surface area contributed by atoms with E-state index in [4.69, 9.17) is 10.5 Å². The van der Waals surface area contributed by atoms with Gasteiger partial charge in [-0.2, -0.15) is 0 Å². The van der Waals surface area contributed by atoms with Crippen molar-refractivity contribution in [2.45, 2.75) is 25.4 Å². The maximum absolute atomic E-state index is 12.6. The molecule has 0 bridgehead atoms. The van der Waals surface area contributed by atoms with Crippen LogP contribution in [0.3, 0.4) is 0 Å².